The van der Waals surface area contributed by atoms with Gasteiger partial charge in [0.05, 0.1) is 30.1 Å². The molecule has 0 radical (unpaired) electrons. The van der Waals surface area contributed by atoms with Crippen LogP contribution in [0.25, 0.3) is 0 Å². The van der Waals surface area contributed by atoms with E-state index in [-0.39, 0.29) is 59.5 Å². The van der Waals surface area contributed by atoms with Crippen molar-refractivity contribution in [3.63, 3.8) is 0 Å². The molecular formula is C22H31IN6O2. The Morgan fingerprint density at radius 1 is 1.13 bits per heavy atom. The average Bonchev–Trinajstić information content (AvgIpc) is 3.55. The Bertz CT molecular complexity index is 860. The van der Waals surface area contributed by atoms with Crippen LogP contribution in [-0.2, 0) is 16.1 Å². The van der Waals surface area contributed by atoms with Crippen LogP contribution < -0.4 is 10.6 Å². The van der Waals surface area contributed by atoms with Crippen LogP contribution in [0.4, 0.5) is 0 Å². The maximum atomic E-state index is 12.7. The zero-order chi connectivity index (χ0) is 20.7. The second-order valence-corrected chi connectivity index (χ2v) is 8.91. The summed E-state index contributed by atoms with van der Waals surface area (Å²) in [5.74, 6) is 0.917. The molecule has 1 aromatic rings. The number of allylic oxidation sites excluding steroid dienone is 2. The van der Waals surface area contributed by atoms with Crippen molar-refractivity contribution in [2.75, 3.05) is 20.1 Å². The smallest absolute Gasteiger partial charge is 0.233 e. The van der Waals surface area contributed by atoms with Crippen molar-refractivity contribution < 1.29 is 9.59 Å². The van der Waals surface area contributed by atoms with Gasteiger partial charge in [-0.2, -0.15) is 5.10 Å². The van der Waals surface area contributed by atoms with E-state index in [0.717, 1.165) is 12.1 Å². The van der Waals surface area contributed by atoms with Crippen LogP contribution in [0, 0.1) is 23.7 Å². The van der Waals surface area contributed by atoms with Crippen LogP contribution in [-0.4, -0.2) is 52.6 Å². The van der Waals surface area contributed by atoms with Crippen molar-refractivity contribution >= 4 is 41.8 Å². The zero-order valence-electron chi connectivity index (χ0n) is 17.9. The number of fused-ring (bicyclic) bond motifs is 5. The molecule has 2 N–H and O–H groups in total. The minimum atomic E-state index is -0.125. The molecule has 1 aromatic heterocycles. The number of aromatic nitrogens is 2. The van der Waals surface area contributed by atoms with Gasteiger partial charge in [-0.15, -0.1) is 24.0 Å². The number of amides is 2. The summed E-state index contributed by atoms with van der Waals surface area (Å²) in [6.45, 7) is 1.44. The molecule has 5 rings (SSSR count). The second-order valence-electron chi connectivity index (χ2n) is 8.91. The fourth-order valence-corrected chi connectivity index (χ4v) is 5.71. The van der Waals surface area contributed by atoms with Crippen LogP contribution >= 0.6 is 24.0 Å². The van der Waals surface area contributed by atoms with E-state index in [2.05, 4.69) is 43.8 Å². The highest BCUT2D eigenvalue weighted by Crippen LogP contribution is 2.52. The number of carbonyl (C=O) groups excluding carboxylic acids is 2. The summed E-state index contributed by atoms with van der Waals surface area (Å²) in [4.78, 5) is 31.2. The van der Waals surface area contributed by atoms with E-state index >= 15 is 0 Å². The minimum Gasteiger partial charge on any atom is -0.355 e. The van der Waals surface area contributed by atoms with Crippen molar-refractivity contribution in [2.45, 2.75) is 44.7 Å². The number of nitrogens with zero attached hydrogens (tertiary/aromatic N) is 4. The Morgan fingerprint density at radius 3 is 2.45 bits per heavy atom. The van der Waals surface area contributed by atoms with Crippen LogP contribution in [0.3, 0.4) is 0 Å². The zero-order valence-corrected chi connectivity index (χ0v) is 20.2. The molecule has 2 bridgehead atoms. The molecule has 1 saturated heterocycles. The number of rotatable bonds is 6. The number of halogens is 1. The maximum absolute atomic E-state index is 12.7. The molecule has 9 heteroatoms. The highest BCUT2D eigenvalue weighted by atomic mass is 127. The monoisotopic (exact) mass is 538 g/mol. The van der Waals surface area contributed by atoms with Gasteiger partial charge in [-0.1, -0.05) is 25.0 Å². The predicted molar refractivity (Wildman–Crippen MR) is 128 cm³/mol. The van der Waals surface area contributed by atoms with Crippen LogP contribution in [0.15, 0.2) is 29.4 Å². The van der Waals surface area contributed by atoms with E-state index < -0.39 is 0 Å². The fraction of sp³-hybridized carbons (Fsp3) is 0.636. The molecular weight excluding hydrogens is 507 g/mol. The van der Waals surface area contributed by atoms with Crippen molar-refractivity contribution in [1.29, 1.82) is 0 Å². The summed E-state index contributed by atoms with van der Waals surface area (Å²) in [5, 5.41) is 11.2. The van der Waals surface area contributed by atoms with Gasteiger partial charge in [0.2, 0.25) is 11.8 Å². The van der Waals surface area contributed by atoms with Crippen LogP contribution in [0.5, 0.6) is 0 Å². The second kappa shape index (κ2) is 9.30. The molecule has 2 heterocycles. The summed E-state index contributed by atoms with van der Waals surface area (Å²) in [5.41, 5.74) is 0.977. The number of hydrogen-bond donors (Lipinski definition) is 2. The average molecular weight is 538 g/mol. The van der Waals surface area contributed by atoms with E-state index in [1.165, 1.54) is 30.6 Å². The molecule has 4 unspecified atom stereocenters. The highest BCUT2D eigenvalue weighted by molar-refractivity contribution is 14.0. The molecule has 0 spiro atoms. The summed E-state index contributed by atoms with van der Waals surface area (Å²) in [6.07, 6.45) is 12.3. The van der Waals surface area contributed by atoms with Gasteiger partial charge in [0.1, 0.15) is 0 Å². The van der Waals surface area contributed by atoms with E-state index in [0.29, 0.717) is 31.6 Å². The summed E-state index contributed by atoms with van der Waals surface area (Å²) < 4.78 is 2.09. The van der Waals surface area contributed by atoms with Crippen LogP contribution in [0.1, 0.15) is 43.8 Å². The number of aliphatic imine (C=N–C) groups is 1. The molecule has 31 heavy (non-hydrogen) atoms. The number of hydrogen-bond acceptors (Lipinski definition) is 4. The topological polar surface area (TPSA) is 91.6 Å². The standard InChI is InChI=1S/C22H30N6O2.HI/c1-23-22(25-13-16-8-10-28(26-16)17-4-2-3-5-17)24-9-11-27-20(29)18-14-6-7-15(12-14)19(18)21(27)30;/h6-8,10,14-15,17-19H,2-5,9,11-13H2,1H3,(H2,23,24,25);1H. The number of imide groups is 1. The predicted octanol–water partition coefficient (Wildman–Crippen LogP) is 2.09. The lowest BCUT2D eigenvalue weighted by Crippen LogP contribution is -2.43. The van der Waals surface area contributed by atoms with Crippen molar-refractivity contribution in [3.05, 3.63) is 30.1 Å². The Balaban J connectivity index is 0.00000231. The number of nitrogens with one attached hydrogen (secondary N) is 2. The van der Waals surface area contributed by atoms with Gasteiger partial charge in [0, 0.05) is 26.3 Å². The van der Waals surface area contributed by atoms with Gasteiger partial charge < -0.3 is 10.6 Å². The first-order valence-electron chi connectivity index (χ1n) is 11.2. The molecule has 3 fully saturated rings. The third kappa shape index (κ3) is 4.12. The Morgan fingerprint density at radius 2 is 1.81 bits per heavy atom. The van der Waals surface area contributed by atoms with Gasteiger partial charge in [0.15, 0.2) is 5.96 Å². The van der Waals surface area contributed by atoms with Crippen molar-refractivity contribution in [1.82, 2.24) is 25.3 Å². The first-order valence-corrected chi connectivity index (χ1v) is 11.2. The van der Waals surface area contributed by atoms with Gasteiger partial charge in [-0.25, -0.2) is 0 Å². The van der Waals surface area contributed by atoms with E-state index in [4.69, 9.17) is 0 Å². The van der Waals surface area contributed by atoms with E-state index in [1.807, 2.05) is 6.07 Å². The SMILES string of the molecule is CN=C(NCCN1C(=O)C2C3C=CC(C3)C2C1=O)NCc1ccn(C2CCCC2)n1.I. The quantitative estimate of drug-likeness (QED) is 0.190. The van der Waals surface area contributed by atoms with Gasteiger partial charge in [0.25, 0.3) is 0 Å². The molecule has 1 aliphatic heterocycles. The normalized spacial score (nSPS) is 29.6. The van der Waals surface area contributed by atoms with E-state index in [1.54, 1.807) is 7.05 Å². The highest BCUT2D eigenvalue weighted by Gasteiger charge is 2.58. The molecule has 8 nitrogen and oxygen atoms in total. The summed E-state index contributed by atoms with van der Waals surface area (Å²) in [7, 11) is 1.71. The van der Waals surface area contributed by atoms with E-state index in [9.17, 15) is 9.59 Å². The largest absolute Gasteiger partial charge is 0.355 e. The van der Waals surface area contributed by atoms with Gasteiger partial charge in [-0.05, 0) is 37.2 Å². The third-order valence-electron chi connectivity index (χ3n) is 7.21. The molecule has 2 saturated carbocycles. The summed E-state index contributed by atoms with van der Waals surface area (Å²) in [6, 6.07) is 2.58. The van der Waals surface area contributed by atoms with Gasteiger partial charge in [-0.3, -0.25) is 24.2 Å². The Labute approximate surface area is 199 Å². The third-order valence-corrected chi connectivity index (χ3v) is 7.21. The summed E-state index contributed by atoms with van der Waals surface area (Å²) >= 11 is 0. The lowest BCUT2D eigenvalue weighted by atomic mass is 9.85. The fourth-order valence-electron chi connectivity index (χ4n) is 5.71. The first kappa shape index (κ1) is 22.3. The lowest BCUT2D eigenvalue weighted by Gasteiger charge is -2.18. The lowest BCUT2D eigenvalue weighted by molar-refractivity contribution is -0.140. The molecule has 168 valence electrons. The van der Waals surface area contributed by atoms with Crippen LogP contribution in [0.2, 0.25) is 0 Å². The molecule has 2 amide bonds. The first-order chi connectivity index (χ1) is 14.7. The molecule has 4 atom stereocenters. The maximum Gasteiger partial charge on any atom is 0.233 e. The number of carbonyl (C=O) groups is 2. The number of likely N-dealkylation sites (tertiary alicyclic amines) is 1. The Kier molecular flexibility index (Phi) is 6.68. The number of guanidine groups is 1. The van der Waals surface area contributed by atoms with Gasteiger partial charge >= 0.3 is 0 Å². The minimum absolute atomic E-state index is 0. The van der Waals surface area contributed by atoms with Crippen molar-refractivity contribution in [3.8, 4) is 0 Å². The molecule has 4 aliphatic rings. The molecule has 0 aromatic carbocycles. The Hall–Kier alpha value is -1.91. The van der Waals surface area contributed by atoms with Crippen molar-refractivity contribution in [2.24, 2.45) is 28.7 Å². The molecule has 3 aliphatic carbocycles.